The van der Waals surface area contributed by atoms with Gasteiger partial charge in [-0.15, -0.1) is 0 Å². The second-order valence-electron chi connectivity index (χ2n) is 8.09. The van der Waals surface area contributed by atoms with Crippen molar-refractivity contribution in [1.82, 2.24) is 14.5 Å². The van der Waals surface area contributed by atoms with Gasteiger partial charge in [-0.3, -0.25) is 9.69 Å². The van der Waals surface area contributed by atoms with Gasteiger partial charge in [0, 0.05) is 56.0 Å². The van der Waals surface area contributed by atoms with Crippen molar-refractivity contribution in [1.29, 1.82) is 0 Å². The van der Waals surface area contributed by atoms with E-state index in [1.54, 1.807) is 6.92 Å². The van der Waals surface area contributed by atoms with Gasteiger partial charge >= 0.3 is 12.1 Å². The number of piperazine rings is 1. The minimum atomic E-state index is -4.37. The van der Waals surface area contributed by atoms with Gasteiger partial charge in [0.1, 0.15) is 12.4 Å². The number of halogens is 3. The fourth-order valence-electron chi connectivity index (χ4n) is 4.22. The van der Waals surface area contributed by atoms with E-state index in [-0.39, 0.29) is 12.5 Å². The molecule has 0 aliphatic carbocycles. The molecule has 4 rings (SSSR count). The summed E-state index contributed by atoms with van der Waals surface area (Å²) in [5, 5.41) is 1.13. The number of anilines is 1. The van der Waals surface area contributed by atoms with Crippen molar-refractivity contribution < 1.29 is 22.7 Å². The number of alkyl halides is 3. The Hall–Kier alpha value is -3.07. The standard InChI is InChI=1S/C24H27F3N4O2/c1-2-33-23(32)17-31-16-18(20-5-3-4-6-21(20)31)9-10-29-11-13-30(14-12-29)22-8-7-19(15-28-22)24(25,26)27/h3-8,15-16H,2,9-14,17H2,1H3. The third-order valence-corrected chi connectivity index (χ3v) is 5.94. The molecule has 176 valence electrons. The SMILES string of the molecule is CCOC(=O)Cn1cc(CCN2CCN(c3ccc(C(F)(F)F)cn3)CC2)c2ccccc21. The van der Waals surface area contributed by atoms with E-state index >= 15 is 0 Å². The van der Waals surface area contributed by atoms with E-state index in [1.165, 1.54) is 11.6 Å². The maximum Gasteiger partial charge on any atom is 0.417 e. The molecule has 3 aromatic rings. The third-order valence-electron chi connectivity index (χ3n) is 5.94. The summed E-state index contributed by atoms with van der Waals surface area (Å²) in [6.45, 7) is 6.25. The molecule has 1 saturated heterocycles. The van der Waals surface area contributed by atoms with Crippen LogP contribution in [-0.4, -0.2) is 59.8 Å². The first kappa shape index (κ1) is 23.1. The molecule has 1 aromatic carbocycles. The van der Waals surface area contributed by atoms with Crippen LogP contribution in [0.2, 0.25) is 0 Å². The molecule has 3 heterocycles. The topological polar surface area (TPSA) is 50.6 Å². The smallest absolute Gasteiger partial charge is 0.417 e. The van der Waals surface area contributed by atoms with Crippen LogP contribution in [-0.2, 0) is 28.7 Å². The second kappa shape index (κ2) is 9.82. The lowest BCUT2D eigenvalue weighted by Gasteiger charge is -2.35. The Morgan fingerprint density at radius 2 is 1.85 bits per heavy atom. The van der Waals surface area contributed by atoms with Crippen molar-refractivity contribution in [3.8, 4) is 0 Å². The molecular weight excluding hydrogens is 433 g/mol. The normalized spacial score (nSPS) is 15.2. The Balaban J connectivity index is 1.35. The highest BCUT2D eigenvalue weighted by molar-refractivity contribution is 5.85. The number of fused-ring (bicyclic) bond motifs is 1. The average Bonchev–Trinajstić information content (AvgIpc) is 3.15. The van der Waals surface area contributed by atoms with Gasteiger partial charge in [-0.1, -0.05) is 18.2 Å². The lowest BCUT2D eigenvalue weighted by Crippen LogP contribution is -2.47. The molecule has 0 saturated carbocycles. The van der Waals surface area contributed by atoms with Crippen molar-refractivity contribution >= 4 is 22.7 Å². The Morgan fingerprint density at radius 1 is 1.09 bits per heavy atom. The van der Waals surface area contributed by atoms with Gasteiger partial charge in [-0.25, -0.2) is 4.98 Å². The zero-order chi connectivity index (χ0) is 23.4. The maximum absolute atomic E-state index is 12.7. The summed E-state index contributed by atoms with van der Waals surface area (Å²) >= 11 is 0. The molecule has 0 spiro atoms. The molecule has 1 fully saturated rings. The molecule has 2 aromatic heterocycles. The fourth-order valence-corrected chi connectivity index (χ4v) is 4.22. The first-order valence-electron chi connectivity index (χ1n) is 11.1. The predicted molar refractivity (Wildman–Crippen MR) is 120 cm³/mol. The highest BCUT2D eigenvalue weighted by Gasteiger charge is 2.31. The number of hydrogen-bond donors (Lipinski definition) is 0. The van der Waals surface area contributed by atoms with E-state index in [0.717, 1.165) is 49.2 Å². The summed E-state index contributed by atoms with van der Waals surface area (Å²) in [7, 11) is 0. The van der Waals surface area contributed by atoms with Crippen LogP contribution < -0.4 is 4.90 Å². The molecule has 0 amide bonds. The van der Waals surface area contributed by atoms with Crippen molar-refractivity contribution in [3.63, 3.8) is 0 Å². The molecule has 33 heavy (non-hydrogen) atoms. The van der Waals surface area contributed by atoms with Gasteiger partial charge in [0.25, 0.3) is 0 Å². The molecule has 0 radical (unpaired) electrons. The van der Waals surface area contributed by atoms with Crippen LogP contribution in [0, 0.1) is 0 Å². The largest absolute Gasteiger partial charge is 0.465 e. The Labute approximate surface area is 190 Å². The van der Waals surface area contributed by atoms with Crippen LogP contribution in [0.3, 0.4) is 0 Å². The number of pyridine rings is 1. The molecule has 0 bridgehead atoms. The summed E-state index contributed by atoms with van der Waals surface area (Å²) in [5.41, 5.74) is 1.47. The van der Waals surface area contributed by atoms with Gasteiger partial charge < -0.3 is 14.2 Å². The molecule has 9 heteroatoms. The highest BCUT2D eigenvalue weighted by Crippen LogP contribution is 2.29. The van der Waals surface area contributed by atoms with E-state index in [2.05, 4.69) is 16.0 Å². The number of esters is 1. The molecule has 0 unspecified atom stereocenters. The van der Waals surface area contributed by atoms with Crippen molar-refractivity contribution in [3.05, 3.63) is 59.9 Å². The summed E-state index contributed by atoms with van der Waals surface area (Å²) in [6.07, 6.45) is -0.601. The first-order valence-corrected chi connectivity index (χ1v) is 11.1. The van der Waals surface area contributed by atoms with Gasteiger partial charge in [0.2, 0.25) is 0 Å². The lowest BCUT2D eigenvalue weighted by atomic mass is 10.1. The van der Waals surface area contributed by atoms with Gasteiger partial charge in [-0.05, 0) is 37.1 Å². The zero-order valence-electron chi connectivity index (χ0n) is 18.5. The number of carbonyl (C=O) groups is 1. The summed E-state index contributed by atoms with van der Waals surface area (Å²) < 4.78 is 45.3. The van der Waals surface area contributed by atoms with Crippen molar-refractivity contribution in [2.24, 2.45) is 0 Å². The minimum Gasteiger partial charge on any atom is -0.465 e. The molecule has 0 N–H and O–H groups in total. The van der Waals surface area contributed by atoms with E-state index in [4.69, 9.17) is 4.74 Å². The summed E-state index contributed by atoms with van der Waals surface area (Å²) in [4.78, 5) is 20.3. The predicted octanol–water partition coefficient (Wildman–Crippen LogP) is 3.98. The summed E-state index contributed by atoms with van der Waals surface area (Å²) in [5.74, 6) is 0.322. The number of nitrogens with zero attached hydrogens (tertiary/aromatic N) is 4. The van der Waals surface area contributed by atoms with Gasteiger partial charge in [0.15, 0.2) is 0 Å². The zero-order valence-corrected chi connectivity index (χ0v) is 18.5. The maximum atomic E-state index is 12.7. The number of rotatable bonds is 7. The van der Waals surface area contributed by atoms with Crippen LogP contribution in [0.15, 0.2) is 48.8 Å². The Morgan fingerprint density at radius 3 is 2.52 bits per heavy atom. The lowest BCUT2D eigenvalue weighted by molar-refractivity contribution is -0.143. The molecule has 6 nitrogen and oxygen atoms in total. The number of carbonyl (C=O) groups excluding carboxylic acids is 1. The highest BCUT2D eigenvalue weighted by atomic mass is 19.4. The summed E-state index contributed by atoms with van der Waals surface area (Å²) in [6, 6.07) is 10.6. The number of aromatic nitrogens is 2. The van der Waals surface area contributed by atoms with Gasteiger partial charge in [-0.2, -0.15) is 13.2 Å². The molecular formula is C24H27F3N4O2. The molecule has 1 aliphatic rings. The van der Waals surface area contributed by atoms with Crippen LogP contribution in [0.25, 0.3) is 10.9 Å². The third kappa shape index (κ3) is 5.47. The quantitative estimate of drug-likeness (QED) is 0.499. The van der Waals surface area contributed by atoms with E-state index < -0.39 is 11.7 Å². The number of benzene rings is 1. The minimum absolute atomic E-state index is 0.188. The number of ether oxygens (including phenoxy) is 1. The van der Waals surface area contributed by atoms with Crippen LogP contribution in [0.5, 0.6) is 0 Å². The first-order chi connectivity index (χ1) is 15.8. The van der Waals surface area contributed by atoms with Crippen LogP contribution >= 0.6 is 0 Å². The Kier molecular flexibility index (Phi) is 6.88. The fraction of sp³-hybridized carbons (Fsp3) is 0.417. The molecule has 1 aliphatic heterocycles. The van der Waals surface area contributed by atoms with Crippen molar-refractivity contribution in [2.45, 2.75) is 26.1 Å². The van der Waals surface area contributed by atoms with E-state index in [0.29, 0.717) is 25.5 Å². The second-order valence-corrected chi connectivity index (χ2v) is 8.09. The number of hydrogen-bond acceptors (Lipinski definition) is 5. The van der Waals surface area contributed by atoms with Gasteiger partial charge in [0.05, 0.1) is 12.2 Å². The van der Waals surface area contributed by atoms with Crippen molar-refractivity contribution in [2.75, 3.05) is 44.2 Å². The van der Waals surface area contributed by atoms with E-state index in [9.17, 15) is 18.0 Å². The average molecular weight is 461 g/mol. The van der Waals surface area contributed by atoms with Crippen LogP contribution in [0.1, 0.15) is 18.1 Å². The molecule has 0 atom stereocenters. The monoisotopic (exact) mass is 460 g/mol. The Bertz CT molecular complexity index is 1090. The number of para-hydroxylation sites is 1. The van der Waals surface area contributed by atoms with E-state index in [1.807, 2.05) is 33.9 Å². The van der Waals surface area contributed by atoms with Crippen LogP contribution in [0.4, 0.5) is 19.0 Å².